The molecule has 0 amide bonds. The van der Waals surface area contributed by atoms with Crippen LogP contribution in [0.25, 0.3) is 0 Å². The van der Waals surface area contributed by atoms with Crippen LogP contribution in [0.3, 0.4) is 0 Å². The summed E-state index contributed by atoms with van der Waals surface area (Å²) < 4.78 is 29.7. The summed E-state index contributed by atoms with van der Waals surface area (Å²) in [7, 11) is -3.75. The fraction of sp³-hybridized carbons (Fsp3) is 0.263. The lowest BCUT2D eigenvalue weighted by Crippen LogP contribution is -2.17. The van der Waals surface area contributed by atoms with Crippen molar-refractivity contribution in [2.75, 3.05) is 4.72 Å². The lowest BCUT2D eigenvalue weighted by Gasteiger charge is -2.12. The summed E-state index contributed by atoms with van der Waals surface area (Å²) in [5.74, 6) is 0.0676. The number of hydrogen-bond acceptors (Lipinski definition) is 4. The smallest absolute Gasteiger partial charge is 0.246 e. The van der Waals surface area contributed by atoms with E-state index in [9.17, 15) is 8.42 Å². The van der Waals surface area contributed by atoms with Crippen molar-refractivity contribution in [2.24, 2.45) is 0 Å². The molecule has 2 aromatic carbocycles. The van der Waals surface area contributed by atoms with E-state index in [-0.39, 0.29) is 10.8 Å². The molecule has 1 aromatic heterocycles. The summed E-state index contributed by atoms with van der Waals surface area (Å²) in [6.45, 7) is 8.08. The Morgan fingerprint density at radius 3 is 2.31 bits per heavy atom. The molecule has 3 rings (SSSR count). The van der Waals surface area contributed by atoms with Gasteiger partial charge in [0.25, 0.3) is 16.0 Å². The fourth-order valence-corrected chi connectivity index (χ4v) is 4.54. The number of anilines is 1. The van der Waals surface area contributed by atoms with Gasteiger partial charge < -0.3 is 0 Å². The quantitative estimate of drug-likeness (QED) is 0.747. The molecule has 0 atom stereocenters. The molecule has 0 aliphatic rings. The normalized spacial score (nSPS) is 11.5. The van der Waals surface area contributed by atoms with Gasteiger partial charge in [-0.15, -0.1) is 5.10 Å². The van der Waals surface area contributed by atoms with Crippen molar-refractivity contribution >= 4 is 16.0 Å². The molecule has 0 spiro atoms. The standard InChI is InChI=1S/C19H22N4O2S/c1-13-9-15(3)18(16(4)10-13)26(24,25)22-19-20-12-23(21-19)11-17-8-6-5-7-14(17)2/h5-10,12H,11H2,1-4H3,(H,21,22). The maximum Gasteiger partial charge on any atom is 0.264 e. The Kier molecular flexibility index (Phi) is 4.82. The van der Waals surface area contributed by atoms with Crippen LogP contribution in [0.2, 0.25) is 0 Å². The van der Waals surface area contributed by atoms with Crippen LogP contribution in [0.5, 0.6) is 0 Å². The summed E-state index contributed by atoms with van der Waals surface area (Å²) in [6, 6.07) is 11.7. The largest absolute Gasteiger partial charge is 0.264 e. The molecule has 3 aromatic rings. The predicted molar refractivity (Wildman–Crippen MR) is 102 cm³/mol. The minimum Gasteiger partial charge on any atom is -0.246 e. The molecular formula is C19H22N4O2S. The van der Waals surface area contributed by atoms with Crippen LogP contribution < -0.4 is 4.72 Å². The number of sulfonamides is 1. The second kappa shape index (κ2) is 6.92. The first-order valence-electron chi connectivity index (χ1n) is 8.31. The molecule has 0 fully saturated rings. The lowest BCUT2D eigenvalue weighted by molar-refractivity contribution is 0.599. The van der Waals surface area contributed by atoms with Crippen molar-refractivity contribution in [3.05, 3.63) is 70.5 Å². The van der Waals surface area contributed by atoms with E-state index < -0.39 is 10.0 Å². The Bertz CT molecular complexity index is 1030. The first-order chi connectivity index (χ1) is 12.3. The predicted octanol–water partition coefficient (Wildman–Crippen LogP) is 3.36. The van der Waals surface area contributed by atoms with Crippen LogP contribution in [-0.4, -0.2) is 23.2 Å². The van der Waals surface area contributed by atoms with E-state index in [1.807, 2.05) is 50.2 Å². The molecule has 0 saturated heterocycles. The van der Waals surface area contributed by atoms with E-state index in [1.54, 1.807) is 18.5 Å². The van der Waals surface area contributed by atoms with Gasteiger partial charge in [-0.1, -0.05) is 42.0 Å². The molecule has 1 heterocycles. The Hall–Kier alpha value is -2.67. The van der Waals surface area contributed by atoms with Crippen molar-refractivity contribution in [3.8, 4) is 0 Å². The van der Waals surface area contributed by atoms with E-state index in [1.165, 1.54) is 6.33 Å². The number of aromatic nitrogens is 3. The van der Waals surface area contributed by atoms with Crippen LogP contribution >= 0.6 is 0 Å². The highest BCUT2D eigenvalue weighted by Gasteiger charge is 2.21. The topological polar surface area (TPSA) is 76.9 Å². The molecule has 0 aliphatic heterocycles. The van der Waals surface area contributed by atoms with Crippen LogP contribution in [-0.2, 0) is 16.6 Å². The Morgan fingerprint density at radius 1 is 1.00 bits per heavy atom. The minimum absolute atomic E-state index is 0.0676. The molecule has 26 heavy (non-hydrogen) atoms. The first kappa shape index (κ1) is 18.1. The molecule has 7 heteroatoms. The van der Waals surface area contributed by atoms with E-state index in [2.05, 4.69) is 14.8 Å². The maximum absolute atomic E-state index is 12.8. The highest BCUT2D eigenvalue weighted by molar-refractivity contribution is 7.92. The van der Waals surface area contributed by atoms with Gasteiger partial charge in [0, 0.05) is 0 Å². The van der Waals surface area contributed by atoms with Gasteiger partial charge in [-0.05, 0) is 49.9 Å². The molecule has 0 radical (unpaired) electrons. The Morgan fingerprint density at radius 2 is 1.65 bits per heavy atom. The van der Waals surface area contributed by atoms with E-state index in [0.717, 1.165) is 16.7 Å². The van der Waals surface area contributed by atoms with Crippen molar-refractivity contribution in [1.82, 2.24) is 14.8 Å². The van der Waals surface area contributed by atoms with Crippen molar-refractivity contribution in [2.45, 2.75) is 39.1 Å². The third kappa shape index (κ3) is 3.77. The van der Waals surface area contributed by atoms with E-state index in [4.69, 9.17) is 0 Å². The third-order valence-electron chi connectivity index (χ3n) is 4.23. The van der Waals surface area contributed by atoms with Gasteiger partial charge in [0.1, 0.15) is 6.33 Å². The number of rotatable bonds is 5. The second-order valence-electron chi connectivity index (χ2n) is 6.53. The van der Waals surface area contributed by atoms with Crippen molar-refractivity contribution < 1.29 is 8.42 Å². The average molecular weight is 370 g/mol. The Balaban J connectivity index is 1.84. The van der Waals surface area contributed by atoms with Gasteiger partial charge in [-0.25, -0.2) is 17.8 Å². The van der Waals surface area contributed by atoms with E-state index >= 15 is 0 Å². The molecule has 0 unspecified atom stereocenters. The molecular weight excluding hydrogens is 348 g/mol. The van der Waals surface area contributed by atoms with Crippen molar-refractivity contribution in [3.63, 3.8) is 0 Å². The van der Waals surface area contributed by atoms with Crippen LogP contribution in [0.1, 0.15) is 27.8 Å². The molecule has 1 N–H and O–H groups in total. The van der Waals surface area contributed by atoms with Gasteiger partial charge in [-0.2, -0.15) is 4.98 Å². The minimum atomic E-state index is -3.75. The lowest BCUT2D eigenvalue weighted by atomic mass is 10.1. The fourth-order valence-electron chi connectivity index (χ4n) is 3.14. The summed E-state index contributed by atoms with van der Waals surface area (Å²) in [5, 5.41) is 4.25. The number of hydrogen-bond donors (Lipinski definition) is 1. The van der Waals surface area contributed by atoms with Crippen LogP contribution in [0, 0.1) is 27.7 Å². The van der Waals surface area contributed by atoms with Gasteiger partial charge in [0.15, 0.2) is 0 Å². The van der Waals surface area contributed by atoms with Gasteiger partial charge in [0.2, 0.25) is 0 Å². The first-order valence-corrected chi connectivity index (χ1v) is 9.79. The third-order valence-corrected chi connectivity index (χ3v) is 5.86. The number of benzene rings is 2. The monoisotopic (exact) mass is 370 g/mol. The maximum atomic E-state index is 12.8. The van der Waals surface area contributed by atoms with Gasteiger partial charge >= 0.3 is 0 Å². The SMILES string of the molecule is Cc1cc(C)c(S(=O)(=O)Nc2ncn(Cc3ccccc3C)n2)c(C)c1. The molecule has 6 nitrogen and oxygen atoms in total. The number of nitrogens with zero attached hydrogens (tertiary/aromatic N) is 3. The summed E-state index contributed by atoms with van der Waals surface area (Å²) in [4.78, 5) is 4.37. The van der Waals surface area contributed by atoms with Crippen molar-refractivity contribution in [1.29, 1.82) is 0 Å². The number of aryl methyl sites for hydroxylation is 4. The molecule has 0 saturated carbocycles. The molecule has 0 bridgehead atoms. The average Bonchev–Trinajstić information content (AvgIpc) is 2.94. The number of nitrogens with one attached hydrogen (secondary N) is 1. The second-order valence-corrected chi connectivity index (χ2v) is 8.14. The Labute approximate surface area is 154 Å². The van der Waals surface area contributed by atoms with Crippen LogP contribution in [0.4, 0.5) is 5.95 Å². The zero-order valence-corrected chi connectivity index (χ0v) is 16.1. The summed E-state index contributed by atoms with van der Waals surface area (Å²) in [5.41, 5.74) is 4.69. The molecule has 0 aliphatic carbocycles. The summed E-state index contributed by atoms with van der Waals surface area (Å²) >= 11 is 0. The zero-order valence-electron chi connectivity index (χ0n) is 15.3. The zero-order chi connectivity index (χ0) is 18.9. The van der Waals surface area contributed by atoms with Gasteiger partial charge in [-0.3, -0.25) is 0 Å². The molecule has 136 valence electrons. The summed E-state index contributed by atoms with van der Waals surface area (Å²) in [6.07, 6.45) is 1.53. The highest BCUT2D eigenvalue weighted by Crippen LogP contribution is 2.23. The van der Waals surface area contributed by atoms with E-state index in [0.29, 0.717) is 17.7 Å². The highest BCUT2D eigenvalue weighted by atomic mass is 32.2. The van der Waals surface area contributed by atoms with Crippen LogP contribution in [0.15, 0.2) is 47.6 Å². The van der Waals surface area contributed by atoms with Gasteiger partial charge in [0.05, 0.1) is 11.4 Å².